The van der Waals surface area contributed by atoms with Crippen LogP contribution in [0.3, 0.4) is 0 Å². The Kier molecular flexibility index (Phi) is 5.56. The minimum absolute atomic E-state index is 0.157. The van der Waals surface area contributed by atoms with Crippen molar-refractivity contribution in [1.82, 2.24) is 0 Å². The van der Waals surface area contributed by atoms with Gasteiger partial charge in [0.1, 0.15) is 6.10 Å². The molecule has 24 heavy (non-hydrogen) atoms. The van der Waals surface area contributed by atoms with Gasteiger partial charge >= 0.3 is 11.9 Å². The van der Waals surface area contributed by atoms with E-state index in [9.17, 15) is 14.7 Å². The van der Waals surface area contributed by atoms with Crippen LogP contribution in [0.15, 0.2) is 23.8 Å². The summed E-state index contributed by atoms with van der Waals surface area (Å²) in [6.07, 6.45) is 6.13. The number of carbonyl (C=O) groups excluding carboxylic acids is 1. The van der Waals surface area contributed by atoms with Crippen LogP contribution in [0.25, 0.3) is 0 Å². The van der Waals surface area contributed by atoms with Gasteiger partial charge in [0, 0.05) is 5.57 Å². The van der Waals surface area contributed by atoms with Gasteiger partial charge in [0.05, 0.1) is 5.92 Å². The Labute approximate surface area is 145 Å². The molecule has 2 rings (SSSR count). The van der Waals surface area contributed by atoms with Crippen LogP contribution >= 0.6 is 0 Å². The van der Waals surface area contributed by atoms with Gasteiger partial charge in [-0.15, -0.1) is 0 Å². The fourth-order valence-electron chi connectivity index (χ4n) is 4.29. The highest BCUT2D eigenvalue weighted by Gasteiger charge is 2.48. The number of allylic oxidation sites excluding steroid dienone is 1. The molecule has 2 aliphatic rings. The lowest BCUT2D eigenvalue weighted by Gasteiger charge is -2.51. The third kappa shape index (κ3) is 3.57. The first-order valence-electron chi connectivity index (χ1n) is 8.95. The van der Waals surface area contributed by atoms with Crippen LogP contribution in [0, 0.1) is 23.2 Å². The zero-order valence-corrected chi connectivity index (χ0v) is 15.3. The van der Waals surface area contributed by atoms with E-state index < -0.39 is 5.97 Å². The van der Waals surface area contributed by atoms with Gasteiger partial charge in [0.2, 0.25) is 0 Å². The minimum Gasteiger partial charge on any atom is -0.481 e. The molecule has 0 saturated heterocycles. The Morgan fingerprint density at radius 1 is 1.38 bits per heavy atom. The van der Waals surface area contributed by atoms with Gasteiger partial charge < -0.3 is 9.84 Å². The van der Waals surface area contributed by atoms with E-state index in [1.165, 1.54) is 0 Å². The smallest absolute Gasteiger partial charge is 0.333 e. The average molecular weight is 334 g/mol. The largest absolute Gasteiger partial charge is 0.481 e. The van der Waals surface area contributed by atoms with E-state index >= 15 is 0 Å². The average Bonchev–Trinajstić information content (AvgIpc) is 2.55. The van der Waals surface area contributed by atoms with Gasteiger partial charge in [0.15, 0.2) is 0 Å². The molecule has 0 amide bonds. The number of aliphatic carboxylic acids is 1. The van der Waals surface area contributed by atoms with Crippen LogP contribution in [-0.4, -0.2) is 23.1 Å². The van der Waals surface area contributed by atoms with Crippen LogP contribution in [0.2, 0.25) is 0 Å². The zero-order chi connectivity index (χ0) is 18.1. The van der Waals surface area contributed by atoms with Crippen LogP contribution in [-0.2, 0) is 14.3 Å². The number of ether oxygens (including phenoxy) is 1. The SMILES string of the molecule is C=C1C(OC(=O)C(C)=CC)CCC2(C)CCC(C(C)C(=O)O)CC12. The standard InChI is InChI=1S/C20H30O4/c1-6-12(2)19(23)24-17-8-10-20(5)9-7-15(13(3)18(21)22)11-16(20)14(17)4/h6,13,15-17H,4,7-11H2,1-3,5H3,(H,21,22). The Morgan fingerprint density at radius 3 is 2.58 bits per heavy atom. The maximum Gasteiger partial charge on any atom is 0.333 e. The fourth-order valence-corrected chi connectivity index (χ4v) is 4.29. The lowest BCUT2D eigenvalue weighted by molar-refractivity contribution is -0.146. The molecule has 4 heteroatoms. The summed E-state index contributed by atoms with van der Waals surface area (Å²) >= 11 is 0. The first kappa shape index (κ1) is 18.8. The summed E-state index contributed by atoms with van der Waals surface area (Å²) in [6, 6.07) is 0. The van der Waals surface area contributed by atoms with Crippen LogP contribution in [0.4, 0.5) is 0 Å². The molecule has 0 radical (unpaired) electrons. The number of fused-ring (bicyclic) bond motifs is 1. The van der Waals surface area contributed by atoms with Crippen LogP contribution in [0.5, 0.6) is 0 Å². The van der Waals surface area contributed by atoms with Crippen molar-refractivity contribution < 1.29 is 19.4 Å². The van der Waals surface area contributed by atoms with E-state index in [2.05, 4.69) is 13.5 Å². The van der Waals surface area contributed by atoms with Crippen molar-refractivity contribution in [3.63, 3.8) is 0 Å². The molecule has 2 fully saturated rings. The number of esters is 1. The molecule has 0 aromatic carbocycles. The topological polar surface area (TPSA) is 63.6 Å². The molecule has 5 atom stereocenters. The molecule has 2 saturated carbocycles. The van der Waals surface area contributed by atoms with Crippen molar-refractivity contribution in [1.29, 1.82) is 0 Å². The van der Waals surface area contributed by atoms with E-state index in [0.29, 0.717) is 5.57 Å². The molecule has 1 N–H and O–H groups in total. The second-order valence-corrected chi connectivity index (χ2v) is 7.85. The third-order valence-electron chi connectivity index (χ3n) is 6.41. The maximum atomic E-state index is 12.1. The summed E-state index contributed by atoms with van der Waals surface area (Å²) in [7, 11) is 0. The highest BCUT2D eigenvalue weighted by Crippen LogP contribution is 2.55. The Hall–Kier alpha value is -1.58. The van der Waals surface area contributed by atoms with E-state index in [1.807, 2.05) is 6.92 Å². The first-order valence-corrected chi connectivity index (χ1v) is 8.95. The molecule has 0 heterocycles. The molecule has 0 aromatic heterocycles. The second kappa shape index (κ2) is 7.12. The Morgan fingerprint density at radius 2 is 2.00 bits per heavy atom. The lowest BCUT2D eigenvalue weighted by Crippen LogP contribution is -2.45. The van der Waals surface area contributed by atoms with E-state index in [0.717, 1.165) is 37.7 Å². The monoisotopic (exact) mass is 334 g/mol. The van der Waals surface area contributed by atoms with Gasteiger partial charge in [-0.25, -0.2) is 4.79 Å². The summed E-state index contributed by atoms with van der Waals surface area (Å²) in [5.41, 5.74) is 1.74. The predicted octanol–water partition coefficient (Wildman–Crippen LogP) is 4.36. The third-order valence-corrected chi connectivity index (χ3v) is 6.41. The molecule has 5 unspecified atom stereocenters. The summed E-state index contributed by atoms with van der Waals surface area (Å²) in [5, 5.41) is 9.32. The lowest BCUT2D eigenvalue weighted by atomic mass is 9.55. The summed E-state index contributed by atoms with van der Waals surface area (Å²) in [4.78, 5) is 23.4. The van der Waals surface area contributed by atoms with E-state index in [4.69, 9.17) is 4.74 Å². The van der Waals surface area contributed by atoms with Crippen molar-refractivity contribution >= 4 is 11.9 Å². The summed E-state index contributed by atoms with van der Waals surface area (Å²) < 4.78 is 5.67. The van der Waals surface area contributed by atoms with Crippen molar-refractivity contribution in [2.24, 2.45) is 23.2 Å². The molecule has 0 aliphatic heterocycles. The zero-order valence-electron chi connectivity index (χ0n) is 15.3. The van der Waals surface area contributed by atoms with Crippen LogP contribution in [0.1, 0.15) is 59.8 Å². The minimum atomic E-state index is -0.725. The van der Waals surface area contributed by atoms with Crippen molar-refractivity contribution in [2.75, 3.05) is 0 Å². The summed E-state index contributed by atoms with van der Waals surface area (Å²) in [5.74, 6) is -0.940. The van der Waals surface area contributed by atoms with Gasteiger partial charge in [-0.3, -0.25) is 4.79 Å². The van der Waals surface area contributed by atoms with Crippen molar-refractivity contribution in [3.05, 3.63) is 23.8 Å². The summed E-state index contributed by atoms with van der Waals surface area (Å²) in [6.45, 7) is 11.9. The van der Waals surface area contributed by atoms with Crippen LogP contribution < -0.4 is 0 Å². The number of hydrogen-bond acceptors (Lipinski definition) is 3. The molecule has 4 nitrogen and oxygen atoms in total. The number of hydrogen-bond donors (Lipinski definition) is 1. The predicted molar refractivity (Wildman–Crippen MR) is 93.4 cm³/mol. The molecular weight excluding hydrogens is 304 g/mol. The normalized spacial score (nSPS) is 35.1. The number of carbonyl (C=O) groups is 2. The van der Waals surface area contributed by atoms with E-state index in [1.54, 1.807) is 19.9 Å². The maximum absolute atomic E-state index is 12.1. The molecule has 0 bridgehead atoms. The Balaban J connectivity index is 2.12. The van der Waals surface area contributed by atoms with Crippen molar-refractivity contribution in [3.8, 4) is 0 Å². The molecular formula is C20H30O4. The van der Waals surface area contributed by atoms with Gasteiger partial charge in [-0.1, -0.05) is 26.5 Å². The number of carboxylic acid groups (broad SMARTS) is 1. The van der Waals surface area contributed by atoms with Gasteiger partial charge in [-0.05, 0) is 68.8 Å². The first-order chi connectivity index (χ1) is 11.2. The fraction of sp³-hybridized carbons (Fsp3) is 0.700. The second-order valence-electron chi connectivity index (χ2n) is 7.85. The number of carboxylic acids is 1. The highest BCUT2D eigenvalue weighted by molar-refractivity contribution is 5.87. The molecule has 0 aromatic rings. The molecule has 0 spiro atoms. The highest BCUT2D eigenvalue weighted by atomic mass is 16.5. The molecule has 2 aliphatic carbocycles. The molecule has 134 valence electrons. The number of rotatable bonds is 4. The van der Waals surface area contributed by atoms with E-state index in [-0.39, 0.29) is 35.2 Å². The quantitative estimate of drug-likeness (QED) is 0.471. The Bertz CT molecular complexity index is 562. The van der Waals surface area contributed by atoms with Gasteiger partial charge in [0.25, 0.3) is 0 Å². The van der Waals surface area contributed by atoms with Crippen molar-refractivity contribution in [2.45, 2.75) is 65.9 Å². The van der Waals surface area contributed by atoms with Gasteiger partial charge in [-0.2, -0.15) is 0 Å².